The largest absolute Gasteiger partial charge is 0.424 e. The van der Waals surface area contributed by atoms with E-state index in [2.05, 4.69) is 25.7 Å². The predicted molar refractivity (Wildman–Crippen MR) is 111 cm³/mol. The van der Waals surface area contributed by atoms with Gasteiger partial charge in [-0.3, -0.25) is 9.48 Å². The Morgan fingerprint density at radius 3 is 2.59 bits per heavy atom. The van der Waals surface area contributed by atoms with E-state index in [0.29, 0.717) is 30.3 Å². The molecule has 0 radical (unpaired) electrons. The molecule has 9 heteroatoms. The molecule has 1 aliphatic rings. The number of nitrogens with zero attached hydrogens (tertiary/aromatic N) is 4. The lowest BCUT2D eigenvalue weighted by molar-refractivity contribution is -0.126. The molecule has 1 saturated heterocycles. The zero-order valence-electron chi connectivity index (χ0n) is 16.0. The molecule has 1 aromatic carbocycles. The molecule has 1 aliphatic heterocycles. The second-order valence-corrected chi connectivity index (χ2v) is 6.79. The zero-order chi connectivity index (χ0) is 19.4. The van der Waals surface area contributed by atoms with Crippen LogP contribution in [0.2, 0.25) is 0 Å². The summed E-state index contributed by atoms with van der Waals surface area (Å²) in [7, 11) is 0. The summed E-state index contributed by atoms with van der Waals surface area (Å²) < 4.78 is 7.43. The molecule has 3 heterocycles. The molecule has 0 aliphatic carbocycles. The number of nitrogens with one attached hydrogen (secondary N) is 2. The molecule has 0 saturated carbocycles. The van der Waals surface area contributed by atoms with Gasteiger partial charge in [0.2, 0.25) is 0 Å². The number of piperidine rings is 1. The van der Waals surface area contributed by atoms with E-state index in [1.807, 2.05) is 25.3 Å². The number of amides is 1. The SMILES string of the molecule is Cc1ccnc(Oc2ccc(NC(=O)C3(n4cccn4)CCNCC3)cc2)n1.Cl. The number of benzene rings is 1. The zero-order valence-corrected chi connectivity index (χ0v) is 16.9. The molecule has 0 bridgehead atoms. The summed E-state index contributed by atoms with van der Waals surface area (Å²) in [6.07, 6.45) is 6.58. The first-order valence-electron chi connectivity index (χ1n) is 9.26. The summed E-state index contributed by atoms with van der Waals surface area (Å²) >= 11 is 0. The first kappa shape index (κ1) is 20.8. The van der Waals surface area contributed by atoms with Gasteiger partial charge in [0.15, 0.2) is 0 Å². The number of halogens is 1. The Morgan fingerprint density at radius 1 is 1.17 bits per heavy atom. The Morgan fingerprint density at radius 2 is 1.93 bits per heavy atom. The fraction of sp³-hybridized carbons (Fsp3) is 0.300. The average Bonchev–Trinajstić information content (AvgIpc) is 3.25. The normalized spacial score (nSPS) is 15.2. The highest BCUT2D eigenvalue weighted by atomic mass is 35.5. The Kier molecular flexibility index (Phi) is 6.46. The predicted octanol–water partition coefficient (Wildman–Crippen LogP) is 2.91. The molecule has 0 spiro atoms. The summed E-state index contributed by atoms with van der Waals surface area (Å²) in [5, 5.41) is 10.7. The molecule has 3 aromatic rings. The van der Waals surface area contributed by atoms with Gasteiger partial charge in [-0.1, -0.05) is 0 Å². The van der Waals surface area contributed by atoms with Crippen molar-refractivity contribution in [1.82, 2.24) is 25.1 Å². The molecule has 0 atom stereocenters. The van der Waals surface area contributed by atoms with Gasteiger partial charge in [0.05, 0.1) is 0 Å². The van der Waals surface area contributed by atoms with E-state index in [1.54, 1.807) is 41.3 Å². The molecule has 0 unspecified atom stereocenters. The average molecular weight is 415 g/mol. The maximum atomic E-state index is 13.2. The second kappa shape index (κ2) is 9.02. The van der Waals surface area contributed by atoms with E-state index in [4.69, 9.17) is 4.74 Å². The second-order valence-electron chi connectivity index (χ2n) is 6.79. The highest BCUT2D eigenvalue weighted by Gasteiger charge is 2.42. The molecule has 152 valence electrons. The van der Waals surface area contributed by atoms with Crippen molar-refractivity contribution in [2.75, 3.05) is 18.4 Å². The van der Waals surface area contributed by atoms with E-state index < -0.39 is 5.54 Å². The van der Waals surface area contributed by atoms with Crippen LogP contribution in [0.5, 0.6) is 11.8 Å². The number of aryl methyl sites for hydroxylation is 1. The third-order valence-electron chi connectivity index (χ3n) is 4.89. The van der Waals surface area contributed by atoms with Gasteiger partial charge < -0.3 is 15.4 Å². The molecule has 2 N–H and O–H groups in total. The van der Waals surface area contributed by atoms with Crippen LogP contribution < -0.4 is 15.4 Å². The van der Waals surface area contributed by atoms with Crippen LogP contribution in [-0.4, -0.2) is 38.7 Å². The quantitative estimate of drug-likeness (QED) is 0.666. The van der Waals surface area contributed by atoms with Crippen LogP contribution in [0.25, 0.3) is 0 Å². The highest BCUT2D eigenvalue weighted by Crippen LogP contribution is 2.29. The van der Waals surface area contributed by atoms with E-state index in [0.717, 1.165) is 18.8 Å². The summed E-state index contributed by atoms with van der Waals surface area (Å²) in [5.41, 5.74) is 0.853. The number of hydrogen-bond acceptors (Lipinski definition) is 6. The van der Waals surface area contributed by atoms with Gasteiger partial charge in [-0.2, -0.15) is 5.10 Å². The van der Waals surface area contributed by atoms with Gasteiger partial charge in [-0.05, 0) is 69.3 Å². The minimum absolute atomic E-state index is 0. The Labute approximate surface area is 175 Å². The number of ether oxygens (including phenoxy) is 1. The first-order valence-corrected chi connectivity index (χ1v) is 9.26. The van der Waals surface area contributed by atoms with E-state index in [9.17, 15) is 4.79 Å². The summed E-state index contributed by atoms with van der Waals surface area (Å²) in [5.74, 6) is 0.542. The first-order chi connectivity index (χ1) is 13.7. The molecule has 2 aromatic heterocycles. The number of aromatic nitrogens is 4. The Hall–Kier alpha value is -2.97. The Bertz CT molecular complexity index is 940. The van der Waals surface area contributed by atoms with Crippen molar-refractivity contribution in [3.63, 3.8) is 0 Å². The van der Waals surface area contributed by atoms with Gasteiger partial charge in [0, 0.05) is 30.0 Å². The molecule has 1 amide bonds. The molecule has 8 nitrogen and oxygen atoms in total. The van der Waals surface area contributed by atoms with Gasteiger partial charge in [0.1, 0.15) is 11.3 Å². The number of carbonyl (C=O) groups excluding carboxylic acids is 1. The molecule has 1 fully saturated rings. The summed E-state index contributed by atoms with van der Waals surface area (Å²) in [6, 6.07) is 11.1. The maximum Gasteiger partial charge on any atom is 0.322 e. The van der Waals surface area contributed by atoms with Crippen LogP contribution in [0.15, 0.2) is 55.0 Å². The van der Waals surface area contributed by atoms with Crippen molar-refractivity contribution < 1.29 is 9.53 Å². The monoisotopic (exact) mass is 414 g/mol. The van der Waals surface area contributed by atoms with Crippen LogP contribution in [0.3, 0.4) is 0 Å². The lowest BCUT2D eigenvalue weighted by Crippen LogP contribution is -2.52. The van der Waals surface area contributed by atoms with Gasteiger partial charge in [-0.25, -0.2) is 9.97 Å². The van der Waals surface area contributed by atoms with Gasteiger partial charge in [-0.15, -0.1) is 12.4 Å². The summed E-state index contributed by atoms with van der Waals surface area (Å²) in [4.78, 5) is 21.5. The topological polar surface area (TPSA) is 94.0 Å². The summed E-state index contributed by atoms with van der Waals surface area (Å²) in [6.45, 7) is 3.43. The minimum atomic E-state index is -0.681. The molecule has 4 rings (SSSR count). The van der Waals surface area contributed by atoms with Gasteiger partial charge in [0.25, 0.3) is 5.91 Å². The Balaban J connectivity index is 0.00000240. The standard InChI is InChI=1S/C20H22N6O2.ClH/c1-15-7-11-22-19(24-15)28-17-5-3-16(4-6-17)25-18(27)20(8-12-21-13-9-20)26-14-2-10-23-26;/h2-7,10-11,14,21H,8-9,12-13H2,1H3,(H,25,27);1H. The van der Waals surface area contributed by atoms with Crippen LogP contribution in [0.4, 0.5) is 5.69 Å². The van der Waals surface area contributed by atoms with E-state index in [1.165, 1.54) is 0 Å². The van der Waals surface area contributed by atoms with Crippen LogP contribution in [-0.2, 0) is 10.3 Å². The van der Waals surface area contributed by atoms with Crippen molar-refractivity contribution in [2.45, 2.75) is 25.3 Å². The third kappa shape index (κ3) is 4.55. The van der Waals surface area contributed by atoms with Crippen molar-refractivity contribution in [3.8, 4) is 11.8 Å². The number of hydrogen-bond donors (Lipinski definition) is 2. The molecule has 29 heavy (non-hydrogen) atoms. The lowest BCUT2D eigenvalue weighted by atomic mass is 9.87. The van der Waals surface area contributed by atoms with Crippen LogP contribution >= 0.6 is 12.4 Å². The number of anilines is 1. The smallest absolute Gasteiger partial charge is 0.322 e. The number of carbonyl (C=O) groups is 1. The van der Waals surface area contributed by atoms with Crippen molar-refractivity contribution in [3.05, 3.63) is 60.7 Å². The van der Waals surface area contributed by atoms with Crippen LogP contribution in [0.1, 0.15) is 18.5 Å². The minimum Gasteiger partial charge on any atom is -0.424 e. The van der Waals surface area contributed by atoms with Gasteiger partial charge >= 0.3 is 6.01 Å². The molecular formula is C20H23ClN6O2. The fourth-order valence-corrected chi connectivity index (χ4v) is 3.36. The fourth-order valence-electron chi connectivity index (χ4n) is 3.36. The maximum absolute atomic E-state index is 13.2. The number of rotatable bonds is 5. The van der Waals surface area contributed by atoms with Crippen molar-refractivity contribution >= 4 is 24.0 Å². The van der Waals surface area contributed by atoms with Crippen molar-refractivity contribution in [1.29, 1.82) is 0 Å². The third-order valence-corrected chi connectivity index (χ3v) is 4.89. The molecular weight excluding hydrogens is 392 g/mol. The van der Waals surface area contributed by atoms with Crippen molar-refractivity contribution in [2.24, 2.45) is 0 Å². The van der Waals surface area contributed by atoms with E-state index in [-0.39, 0.29) is 18.3 Å². The lowest BCUT2D eigenvalue weighted by Gasteiger charge is -2.36. The highest BCUT2D eigenvalue weighted by molar-refractivity contribution is 5.96. The van der Waals surface area contributed by atoms with E-state index >= 15 is 0 Å². The van der Waals surface area contributed by atoms with Crippen LogP contribution in [0, 0.1) is 6.92 Å².